The van der Waals surface area contributed by atoms with E-state index in [1.165, 1.54) is 23.9 Å². The molecule has 0 aliphatic heterocycles. The molecule has 0 aliphatic carbocycles. The second-order valence-corrected chi connectivity index (χ2v) is 5.84. The van der Waals surface area contributed by atoms with Crippen LogP contribution in [0.3, 0.4) is 0 Å². The number of thioether (sulfide) groups is 1. The van der Waals surface area contributed by atoms with Crippen LogP contribution in [-0.2, 0) is 4.79 Å². The molecule has 1 amide bonds. The smallest absolute Gasteiger partial charge is 0.234 e. The molecule has 4 heteroatoms. The Balaban J connectivity index is 1.68. The van der Waals surface area contributed by atoms with Gasteiger partial charge in [-0.05, 0) is 35.0 Å². The lowest BCUT2D eigenvalue weighted by Crippen LogP contribution is -2.14. The summed E-state index contributed by atoms with van der Waals surface area (Å²) < 4.78 is 13.1. The molecule has 0 bridgehead atoms. The SMILES string of the molecule is O=C(CSc1cccc2ccccc12)Nc1cccc(F)c1. The summed E-state index contributed by atoms with van der Waals surface area (Å²) in [5.41, 5.74) is 0.475. The Morgan fingerprint density at radius 2 is 1.77 bits per heavy atom. The molecule has 0 heterocycles. The number of benzene rings is 3. The fraction of sp³-hybridized carbons (Fsp3) is 0.0556. The maximum atomic E-state index is 13.1. The lowest BCUT2D eigenvalue weighted by molar-refractivity contribution is -0.113. The molecule has 0 aliphatic rings. The summed E-state index contributed by atoms with van der Waals surface area (Å²) in [5.74, 6) is -0.229. The highest BCUT2D eigenvalue weighted by Crippen LogP contribution is 2.27. The minimum Gasteiger partial charge on any atom is -0.325 e. The van der Waals surface area contributed by atoms with E-state index in [2.05, 4.69) is 5.32 Å². The Hall–Kier alpha value is -2.33. The lowest BCUT2D eigenvalue weighted by atomic mass is 10.1. The van der Waals surface area contributed by atoms with E-state index in [4.69, 9.17) is 0 Å². The van der Waals surface area contributed by atoms with Crippen molar-refractivity contribution in [1.82, 2.24) is 0 Å². The molecule has 0 aromatic heterocycles. The maximum Gasteiger partial charge on any atom is 0.234 e. The van der Waals surface area contributed by atoms with Gasteiger partial charge in [0, 0.05) is 10.6 Å². The average molecular weight is 311 g/mol. The van der Waals surface area contributed by atoms with Gasteiger partial charge in [-0.25, -0.2) is 4.39 Å². The van der Waals surface area contributed by atoms with Gasteiger partial charge >= 0.3 is 0 Å². The average Bonchev–Trinajstić information content (AvgIpc) is 2.53. The van der Waals surface area contributed by atoms with Gasteiger partial charge in [-0.3, -0.25) is 4.79 Å². The zero-order valence-corrected chi connectivity index (χ0v) is 12.6. The van der Waals surface area contributed by atoms with Crippen LogP contribution < -0.4 is 5.32 Å². The first-order valence-electron chi connectivity index (χ1n) is 6.88. The van der Waals surface area contributed by atoms with Gasteiger partial charge in [0.1, 0.15) is 5.82 Å². The van der Waals surface area contributed by atoms with E-state index in [0.717, 1.165) is 15.7 Å². The van der Waals surface area contributed by atoms with Gasteiger partial charge in [0.25, 0.3) is 0 Å². The summed E-state index contributed by atoms with van der Waals surface area (Å²) >= 11 is 1.48. The number of amides is 1. The normalized spacial score (nSPS) is 10.6. The van der Waals surface area contributed by atoms with E-state index in [9.17, 15) is 9.18 Å². The topological polar surface area (TPSA) is 29.1 Å². The van der Waals surface area contributed by atoms with Crippen LogP contribution in [0.15, 0.2) is 71.6 Å². The van der Waals surface area contributed by atoms with Crippen molar-refractivity contribution in [3.8, 4) is 0 Å². The summed E-state index contributed by atoms with van der Waals surface area (Å²) in [6, 6.07) is 20.0. The van der Waals surface area contributed by atoms with Crippen LogP contribution in [0.4, 0.5) is 10.1 Å². The van der Waals surface area contributed by atoms with Crippen molar-refractivity contribution < 1.29 is 9.18 Å². The Morgan fingerprint density at radius 1 is 1.00 bits per heavy atom. The van der Waals surface area contributed by atoms with Gasteiger partial charge in [-0.1, -0.05) is 42.5 Å². The molecule has 0 radical (unpaired) electrons. The fourth-order valence-electron chi connectivity index (χ4n) is 2.23. The number of hydrogen-bond donors (Lipinski definition) is 1. The van der Waals surface area contributed by atoms with Crippen molar-refractivity contribution >= 4 is 34.1 Å². The van der Waals surface area contributed by atoms with Crippen molar-refractivity contribution in [1.29, 1.82) is 0 Å². The van der Waals surface area contributed by atoms with Crippen molar-refractivity contribution in [2.75, 3.05) is 11.1 Å². The first-order chi connectivity index (χ1) is 10.7. The predicted molar refractivity (Wildman–Crippen MR) is 89.7 cm³/mol. The number of carbonyl (C=O) groups is 1. The molecule has 2 nitrogen and oxygen atoms in total. The summed E-state index contributed by atoms with van der Waals surface area (Å²) in [6.07, 6.45) is 0. The van der Waals surface area contributed by atoms with Crippen molar-refractivity contribution in [3.05, 3.63) is 72.5 Å². The van der Waals surface area contributed by atoms with Crippen molar-refractivity contribution in [2.24, 2.45) is 0 Å². The van der Waals surface area contributed by atoms with Gasteiger partial charge in [-0.2, -0.15) is 0 Å². The molecule has 0 spiro atoms. The molecule has 0 saturated carbocycles. The van der Waals surface area contributed by atoms with E-state index in [1.54, 1.807) is 12.1 Å². The zero-order valence-electron chi connectivity index (χ0n) is 11.8. The molecule has 3 aromatic carbocycles. The molecule has 22 heavy (non-hydrogen) atoms. The molecule has 3 aromatic rings. The quantitative estimate of drug-likeness (QED) is 0.707. The summed E-state index contributed by atoms with van der Waals surface area (Å²) in [6.45, 7) is 0. The summed E-state index contributed by atoms with van der Waals surface area (Å²) in [5, 5.41) is 4.99. The predicted octanol–water partition coefficient (Wildman–Crippen LogP) is 4.71. The molecule has 0 atom stereocenters. The number of fused-ring (bicyclic) bond motifs is 1. The highest BCUT2D eigenvalue weighted by Gasteiger charge is 2.06. The largest absolute Gasteiger partial charge is 0.325 e. The zero-order chi connectivity index (χ0) is 15.4. The Bertz CT molecular complexity index is 814. The van der Waals surface area contributed by atoms with Crippen LogP contribution in [0.2, 0.25) is 0 Å². The minimum atomic E-state index is -0.362. The van der Waals surface area contributed by atoms with E-state index < -0.39 is 0 Å². The lowest BCUT2D eigenvalue weighted by Gasteiger charge is -2.07. The third-order valence-corrected chi connectivity index (χ3v) is 4.29. The van der Waals surface area contributed by atoms with Crippen LogP contribution in [0.5, 0.6) is 0 Å². The van der Waals surface area contributed by atoms with Gasteiger partial charge in [0.2, 0.25) is 5.91 Å². The fourth-order valence-corrected chi connectivity index (χ4v) is 3.10. The van der Waals surface area contributed by atoms with Crippen LogP contribution in [0.1, 0.15) is 0 Å². The Kier molecular flexibility index (Phi) is 4.39. The third kappa shape index (κ3) is 3.46. The molecular formula is C18H14FNOS. The molecule has 3 rings (SSSR count). The van der Waals surface area contributed by atoms with E-state index in [-0.39, 0.29) is 17.5 Å². The maximum absolute atomic E-state index is 13.1. The summed E-state index contributed by atoms with van der Waals surface area (Å²) in [4.78, 5) is 13.0. The van der Waals surface area contributed by atoms with Crippen molar-refractivity contribution in [2.45, 2.75) is 4.90 Å². The molecule has 0 fully saturated rings. The highest BCUT2D eigenvalue weighted by atomic mass is 32.2. The van der Waals surface area contributed by atoms with Crippen LogP contribution in [0, 0.1) is 5.82 Å². The second kappa shape index (κ2) is 6.62. The number of anilines is 1. The highest BCUT2D eigenvalue weighted by molar-refractivity contribution is 8.00. The Labute approximate surface area is 132 Å². The third-order valence-electron chi connectivity index (χ3n) is 3.22. The van der Waals surface area contributed by atoms with Gasteiger partial charge in [0.15, 0.2) is 0 Å². The first-order valence-corrected chi connectivity index (χ1v) is 7.87. The van der Waals surface area contributed by atoms with E-state index >= 15 is 0 Å². The number of carbonyl (C=O) groups excluding carboxylic acids is 1. The monoisotopic (exact) mass is 311 g/mol. The number of nitrogens with one attached hydrogen (secondary N) is 1. The molecule has 110 valence electrons. The van der Waals surface area contributed by atoms with Crippen molar-refractivity contribution in [3.63, 3.8) is 0 Å². The Morgan fingerprint density at radius 3 is 2.64 bits per heavy atom. The van der Waals surface area contributed by atoms with E-state index in [1.807, 2.05) is 42.5 Å². The van der Waals surface area contributed by atoms with Gasteiger partial charge in [0.05, 0.1) is 5.75 Å². The van der Waals surface area contributed by atoms with Gasteiger partial charge < -0.3 is 5.32 Å². The molecule has 1 N–H and O–H groups in total. The first kappa shape index (κ1) is 14.6. The minimum absolute atomic E-state index is 0.150. The number of hydrogen-bond acceptors (Lipinski definition) is 2. The standard InChI is InChI=1S/C18H14FNOS/c19-14-7-4-8-15(11-14)20-18(21)12-22-17-10-3-6-13-5-1-2-9-16(13)17/h1-11H,12H2,(H,20,21). The molecule has 0 unspecified atom stereocenters. The molecule has 0 saturated heterocycles. The second-order valence-electron chi connectivity index (χ2n) is 4.82. The van der Waals surface area contributed by atoms with Crippen LogP contribution >= 0.6 is 11.8 Å². The number of halogens is 1. The van der Waals surface area contributed by atoms with Crippen LogP contribution in [0.25, 0.3) is 10.8 Å². The summed E-state index contributed by atoms with van der Waals surface area (Å²) in [7, 11) is 0. The van der Waals surface area contributed by atoms with Gasteiger partial charge in [-0.15, -0.1) is 11.8 Å². The van der Waals surface area contributed by atoms with E-state index in [0.29, 0.717) is 5.69 Å². The molecular weight excluding hydrogens is 297 g/mol. The van der Waals surface area contributed by atoms with Crippen LogP contribution in [-0.4, -0.2) is 11.7 Å². The number of rotatable bonds is 4.